The predicted molar refractivity (Wildman–Crippen MR) is 503 cm³/mol. The highest BCUT2D eigenvalue weighted by atomic mass is 14.5. The normalized spacial score (nSPS) is 15.4. The van der Waals surface area contributed by atoms with Gasteiger partial charge < -0.3 is 0 Å². The Kier molecular flexibility index (Phi) is 15.5. The highest BCUT2D eigenvalue weighted by molar-refractivity contribution is 6.17. The summed E-state index contributed by atoms with van der Waals surface area (Å²) >= 11 is 0. The molecule has 0 atom stereocenters. The summed E-state index contributed by atoms with van der Waals surface area (Å²) in [4.78, 5) is 0. The van der Waals surface area contributed by atoms with E-state index in [0.29, 0.717) is 0 Å². The van der Waals surface area contributed by atoms with Crippen molar-refractivity contribution >= 4 is 22.3 Å². The maximum atomic E-state index is 2.65. The molecule has 0 heterocycles. The zero-order valence-corrected chi connectivity index (χ0v) is 70.1. The number of allylic oxidation sites excluding steroid dienone is 8. The van der Waals surface area contributed by atoms with E-state index in [9.17, 15) is 0 Å². The molecule has 0 bridgehead atoms. The van der Waals surface area contributed by atoms with Crippen molar-refractivity contribution in [3.8, 4) is 111 Å². The van der Waals surface area contributed by atoms with E-state index in [4.69, 9.17) is 0 Å². The largest absolute Gasteiger partial charge is 0.0683 e. The van der Waals surface area contributed by atoms with E-state index in [1.807, 2.05) is 55.4 Å². The quantitative estimate of drug-likeness (QED) is 0.142. The smallest absolute Gasteiger partial charge is 0.000684 e. The summed E-state index contributed by atoms with van der Waals surface area (Å²) in [6.45, 7) is 16.0. The molecule has 15 aromatic rings. The zero-order chi connectivity index (χ0) is 79.9. The molecular formula is C120H94. The van der Waals surface area contributed by atoms with Crippen molar-refractivity contribution in [2.75, 3.05) is 0 Å². The van der Waals surface area contributed by atoms with Gasteiger partial charge in [0.1, 0.15) is 0 Å². The molecule has 0 N–H and O–H groups in total. The van der Waals surface area contributed by atoms with E-state index in [-0.39, 0.29) is 0 Å². The Morgan fingerprint density at radius 3 is 0.450 bits per heavy atom. The number of hydrogen-bond donors (Lipinski definition) is 0. The number of hydrogen-bond acceptors (Lipinski definition) is 0. The molecule has 0 radical (unpaired) electrons. The molecule has 15 aliphatic rings. The summed E-state index contributed by atoms with van der Waals surface area (Å²) < 4.78 is 0. The average Bonchev–Trinajstić information content (AvgIpc) is 1.53. The first-order valence-corrected chi connectivity index (χ1v) is 45.3. The van der Waals surface area contributed by atoms with Crippen molar-refractivity contribution in [1.82, 2.24) is 0 Å². The predicted octanol–water partition coefficient (Wildman–Crippen LogP) is 29.5. The summed E-state index contributed by atoms with van der Waals surface area (Å²) in [5, 5.41) is 0. The molecule has 0 spiro atoms. The van der Waals surface area contributed by atoms with Gasteiger partial charge in [-0.15, -0.1) is 0 Å². The van der Waals surface area contributed by atoms with Gasteiger partial charge in [0.15, 0.2) is 0 Å². The van der Waals surface area contributed by atoms with Crippen molar-refractivity contribution in [3.05, 3.63) is 433 Å². The number of rotatable bonds is 0. The van der Waals surface area contributed by atoms with Crippen LogP contribution in [0.3, 0.4) is 0 Å². The molecule has 0 amide bonds. The van der Waals surface area contributed by atoms with E-state index in [1.54, 1.807) is 78.0 Å². The van der Waals surface area contributed by atoms with E-state index < -0.39 is 0 Å². The molecule has 0 saturated carbocycles. The van der Waals surface area contributed by atoms with Crippen LogP contribution in [0.15, 0.2) is 277 Å². The maximum absolute atomic E-state index is 2.65. The lowest BCUT2D eigenvalue weighted by Gasteiger charge is -2.23. The van der Waals surface area contributed by atoms with Gasteiger partial charge in [-0.2, -0.15) is 0 Å². The third-order valence-electron chi connectivity index (χ3n) is 29.8. The second-order valence-electron chi connectivity index (χ2n) is 35.2. The molecule has 0 heteroatoms. The first-order chi connectivity index (χ1) is 59.4. The van der Waals surface area contributed by atoms with Crippen molar-refractivity contribution < 1.29 is 0 Å². The molecule has 0 aromatic heterocycles. The second-order valence-corrected chi connectivity index (χ2v) is 35.2. The fourth-order valence-electron chi connectivity index (χ4n) is 25.3. The van der Waals surface area contributed by atoms with Crippen molar-refractivity contribution in [3.63, 3.8) is 0 Å². The highest BCUT2D eigenvalue weighted by Crippen LogP contribution is 2.65. The zero-order valence-electron chi connectivity index (χ0n) is 70.1. The van der Waals surface area contributed by atoms with Crippen LogP contribution in [0.4, 0.5) is 0 Å². The summed E-state index contributed by atoms with van der Waals surface area (Å²) in [6.07, 6.45) is 14.2. The molecular weight excluding hydrogens is 1440 g/mol. The van der Waals surface area contributed by atoms with Gasteiger partial charge in [-0.25, -0.2) is 0 Å². The topological polar surface area (TPSA) is 0 Å². The molecule has 574 valence electrons. The van der Waals surface area contributed by atoms with Crippen LogP contribution in [0.25, 0.3) is 134 Å². The van der Waals surface area contributed by atoms with Gasteiger partial charge in [0.2, 0.25) is 0 Å². The Labute approximate surface area is 706 Å². The SMILES string of the molecule is CC.CC.CC.CC.c1ccc2c(c1)Cc1cc3c(cc1-2)CC1=C3C2=C(C3=C(C4=C1c1cc5c(cc1C4)-c1ccccc1C5)c1cc4c(cc1C3)-c1ccccc1C4)c1cc3c(cc1C2)-c1ccccc1C3.c1ccc2c(c1)Cc1cc3c(cc1-2)Cc1c-3c2c(c3c1-c1cc4c(cc1C3)-c1ccccc1C4)-c1cc3c(cc1C2)-c1ccccc1C3. The van der Waals surface area contributed by atoms with Gasteiger partial charge >= 0.3 is 0 Å². The average molecular weight is 1540 g/mol. The Morgan fingerprint density at radius 2 is 0.267 bits per heavy atom. The molecule has 0 aliphatic heterocycles. The molecule has 0 unspecified atom stereocenters. The van der Waals surface area contributed by atoms with Crippen LogP contribution in [0.1, 0.15) is 211 Å². The van der Waals surface area contributed by atoms with E-state index in [2.05, 4.69) is 255 Å². The number of benzene rings is 15. The van der Waals surface area contributed by atoms with Crippen LogP contribution in [0.5, 0.6) is 0 Å². The van der Waals surface area contributed by atoms with Crippen molar-refractivity contribution in [2.24, 2.45) is 0 Å². The van der Waals surface area contributed by atoms with Crippen LogP contribution < -0.4 is 0 Å². The second kappa shape index (κ2) is 26.4. The van der Waals surface area contributed by atoms with Crippen molar-refractivity contribution in [1.29, 1.82) is 0 Å². The van der Waals surface area contributed by atoms with Crippen LogP contribution in [-0.4, -0.2) is 0 Å². The first-order valence-electron chi connectivity index (χ1n) is 45.3. The molecule has 15 aromatic carbocycles. The Bertz CT molecular complexity index is 6550. The van der Waals surface area contributed by atoms with Gasteiger partial charge in [0, 0.05) is 0 Å². The van der Waals surface area contributed by atoms with Crippen LogP contribution in [0.2, 0.25) is 0 Å². The van der Waals surface area contributed by atoms with E-state index >= 15 is 0 Å². The lowest BCUT2D eigenvalue weighted by Crippen LogP contribution is -2.03. The summed E-state index contributed by atoms with van der Waals surface area (Å²) in [5.74, 6) is 0. The van der Waals surface area contributed by atoms with Crippen molar-refractivity contribution in [2.45, 2.75) is 145 Å². The minimum absolute atomic E-state index is 0.974. The van der Waals surface area contributed by atoms with Gasteiger partial charge in [-0.1, -0.05) is 225 Å². The molecule has 0 fully saturated rings. The number of fused-ring (bicyclic) bond motifs is 45. The van der Waals surface area contributed by atoms with Gasteiger partial charge in [0.25, 0.3) is 0 Å². The third kappa shape index (κ3) is 9.65. The fraction of sp³-hybridized carbons (Fsp3) is 0.183. The summed E-state index contributed by atoms with van der Waals surface area (Å²) in [7, 11) is 0. The Morgan fingerprint density at radius 1 is 0.125 bits per heavy atom. The highest BCUT2D eigenvalue weighted by Gasteiger charge is 2.46. The van der Waals surface area contributed by atoms with Crippen LogP contribution in [0, 0.1) is 0 Å². The van der Waals surface area contributed by atoms with Gasteiger partial charge in [-0.3, -0.25) is 0 Å². The van der Waals surface area contributed by atoms with Gasteiger partial charge in [-0.05, 0) is 486 Å². The van der Waals surface area contributed by atoms with E-state index in [0.717, 1.165) is 89.9 Å². The minimum Gasteiger partial charge on any atom is -0.0683 e. The van der Waals surface area contributed by atoms with Crippen LogP contribution >= 0.6 is 0 Å². The Balaban J connectivity index is 0.000000127. The minimum atomic E-state index is 0.974. The maximum Gasteiger partial charge on any atom is -0.000684 e. The molecule has 30 rings (SSSR count). The summed E-state index contributed by atoms with van der Waals surface area (Å²) in [6, 6.07) is 100. The van der Waals surface area contributed by atoms with Crippen LogP contribution in [-0.2, 0) is 89.9 Å². The van der Waals surface area contributed by atoms with E-state index in [1.165, 1.54) is 234 Å². The first kappa shape index (κ1) is 70.3. The standard InChI is InChI=1S/C64H40.C48H30.4C2H6/c1-5-13-45-33(9-1)17-37-25-53-41(21-49(37)45)29-57-61(53)58-30-42-22-50-39(19-35-11-2-6-14-46(35)50)27-55(42)63(58)60-32-44-24-52-40(20-36-12-4-8-16-48(36)52)28-56(44)64(60)59-31-43-23-51-38(26-54(43)62(57)59)18-34-10-3-7-15-47(34)51;1-4-10-34-25(7-1)13-28-19-40-31(16-37(28)34)22-43-46(40)44-23-32-17-38-30(15-27-9-2-5-11-35(27)38)21-42(32)48(44)45-24-33-18-39-29(20-41(33)47(43)45)14-26-8-3-6-12-36(26)39;4*1-2/h1-16,21-28H,17-20,29-32H2;1-12,16-21H,13-15,22-24H2;4*1-2H3. The molecule has 0 saturated heterocycles. The third-order valence-corrected chi connectivity index (χ3v) is 29.8. The molecule has 15 aliphatic carbocycles. The lowest BCUT2D eigenvalue weighted by molar-refractivity contribution is 1.21. The summed E-state index contributed by atoms with van der Waals surface area (Å²) in [5.41, 5.74) is 83.9. The Hall–Kier alpha value is -12.7. The van der Waals surface area contributed by atoms with Gasteiger partial charge in [0.05, 0.1) is 0 Å². The monoisotopic (exact) mass is 1530 g/mol. The molecule has 0 nitrogen and oxygen atoms in total. The fourth-order valence-corrected chi connectivity index (χ4v) is 25.3. The molecule has 120 heavy (non-hydrogen) atoms. The lowest BCUT2D eigenvalue weighted by atomic mass is 9.80.